The third kappa shape index (κ3) is 5.41. The number of benzene rings is 2. The Morgan fingerprint density at radius 3 is 2.45 bits per heavy atom. The van der Waals surface area contributed by atoms with Crippen molar-refractivity contribution in [3.8, 4) is 5.75 Å². The molecule has 0 aromatic heterocycles. The number of ether oxygens (including phenoxy) is 1. The molecule has 0 bridgehead atoms. The summed E-state index contributed by atoms with van der Waals surface area (Å²) in [4.78, 5) is 11.8. The molecule has 7 heteroatoms. The Balaban J connectivity index is 1.61. The van der Waals surface area contributed by atoms with Crippen molar-refractivity contribution in [2.75, 3.05) is 11.9 Å². The van der Waals surface area contributed by atoms with Crippen LogP contribution in [0.15, 0.2) is 35.2 Å². The molecule has 1 aliphatic rings. The second kappa shape index (κ2) is 9.48. The molecule has 1 saturated carbocycles. The van der Waals surface area contributed by atoms with Crippen LogP contribution in [-0.4, -0.2) is 17.6 Å². The highest BCUT2D eigenvalue weighted by Crippen LogP contribution is 2.33. The second-order valence-electron chi connectivity index (χ2n) is 7.59. The van der Waals surface area contributed by atoms with E-state index in [4.69, 9.17) is 9.84 Å². The van der Waals surface area contributed by atoms with E-state index in [9.17, 15) is 13.6 Å². The minimum atomic E-state index is -1.01. The van der Waals surface area contributed by atoms with Crippen molar-refractivity contribution in [3.63, 3.8) is 0 Å². The largest absolute Gasteiger partial charge is 0.485 e. The summed E-state index contributed by atoms with van der Waals surface area (Å²) in [6, 6.07) is 8.81. The number of anilines is 1. The number of aliphatic carboxylic acids is 1. The first-order valence-corrected chi connectivity index (χ1v) is 10.2. The molecule has 1 aliphatic carbocycles. The molecule has 29 heavy (non-hydrogen) atoms. The molecular weight excluding hydrogens is 396 g/mol. The lowest BCUT2D eigenvalue weighted by Gasteiger charge is -2.26. The standard InChI is InChI=1S/C22H25F2NO3S/c1-13-10-18(25-11-14-2-6-16(7-3-14)22(26)27)19(23)20(24)21(13)28-12-15-4-8-17(29)9-5-15/h4-5,8-10,14,16,25,29H,2-3,6-7,11-12H2,1H3,(H,26,27). The van der Waals surface area contributed by atoms with Crippen LogP contribution in [0.25, 0.3) is 0 Å². The summed E-state index contributed by atoms with van der Waals surface area (Å²) in [6.45, 7) is 2.29. The van der Waals surface area contributed by atoms with E-state index in [0.717, 1.165) is 23.3 Å². The van der Waals surface area contributed by atoms with E-state index in [0.29, 0.717) is 24.9 Å². The molecule has 0 spiro atoms. The van der Waals surface area contributed by atoms with Crippen LogP contribution in [0.1, 0.15) is 36.8 Å². The summed E-state index contributed by atoms with van der Waals surface area (Å²) in [5.41, 5.74) is 1.44. The lowest BCUT2D eigenvalue weighted by molar-refractivity contribution is -0.143. The van der Waals surface area contributed by atoms with Gasteiger partial charge in [0, 0.05) is 11.4 Å². The first kappa shape index (κ1) is 21.4. The van der Waals surface area contributed by atoms with Gasteiger partial charge in [0.1, 0.15) is 6.61 Å². The molecule has 0 radical (unpaired) electrons. The summed E-state index contributed by atoms with van der Waals surface area (Å²) in [6.07, 6.45) is 2.77. The van der Waals surface area contributed by atoms with Crippen molar-refractivity contribution >= 4 is 24.3 Å². The van der Waals surface area contributed by atoms with Gasteiger partial charge < -0.3 is 15.2 Å². The number of hydrogen-bond acceptors (Lipinski definition) is 4. The Morgan fingerprint density at radius 1 is 1.17 bits per heavy atom. The van der Waals surface area contributed by atoms with Crippen molar-refractivity contribution < 1.29 is 23.4 Å². The van der Waals surface area contributed by atoms with Gasteiger partial charge in [-0.2, -0.15) is 4.39 Å². The Bertz CT molecular complexity index is 865. The fraction of sp³-hybridized carbons (Fsp3) is 0.409. The third-order valence-electron chi connectivity index (χ3n) is 5.44. The average molecular weight is 422 g/mol. The number of rotatable bonds is 7. The van der Waals surface area contributed by atoms with E-state index in [2.05, 4.69) is 17.9 Å². The molecule has 0 heterocycles. The molecule has 2 N–H and O–H groups in total. The Hall–Kier alpha value is -2.28. The SMILES string of the molecule is Cc1cc(NCC2CCC(C(=O)O)CC2)c(F)c(F)c1OCc1ccc(S)cc1. The highest BCUT2D eigenvalue weighted by molar-refractivity contribution is 7.80. The number of carbonyl (C=O) groups is 1. The Morgan fingerprint density at radius 2 is 1.83 bits per heavy atom. The maximum atomic E-state index is 14.6. The number of halogens is 2. The molecule has 0 atom stereocenters. The maximum absolute atomic E-state index is 14.6. The van der Waals surface area contributed by atoms with Crippen LogP contribution >= 0.6 is 12.6 Å². The van der Waals surface area contributed by atoms with Crippen LogP contribution in [0.5, 0.6) is 5.75 Å². The quantitative estimate of drug-likeness (QED) is 0.521. The molecule has 2 aromatic rings. The smallest absolute Gasteiger partial charge is 0.306 e. The highest BCUT2D eigenvalue weighted by atomic mass is 32.1. The van der Waals surface area contributed by atoms with Gasteiger partial charge in [0.05, 0.1) is 11.6 Å². The van der Waals surface area contributed by atoms with E-state index < -0.39 is 17.6 Å². The van der Waals surface area contributed by atoms with Gasteiger partial charge in [0.15, 0.2) is 11.6 Å². The normalized spacial score (nSPS) is 19.0. The predicted octanol–water partition coefficient (Wildman–Crippen LogP) is 5.44. The fourth-order valence-electron chi connectivity index (χ4n) is 3.66. The molecular formula is C22H25F2NO3S. The Kier molecular flexibility index (Phi) is 7.00. The number of carboxylic acids is 1. The number of carboxylic acid groups (broad SMARTS) is 1. The van der Waals surface area contributed by atoms with Crippen molar-refractivity contribution in [3.05, 3.63) is 53.1 Å². The van der Waals surface area contributed by atoms with Gasteiger partial charge in [0.25, 0.3) is 0 Å². The lowest BCUT2D eigenvalue weighted by Crippen LogP contribution is -2.25. The molecule has 2 aromatic carbocycles. The van der Waals surface area contributed by atoms with Gasteiger partial charge in [-0.3, -0.25) is 4.79 Å². The zero-order chi connectivity index (χ0) is 21.0. The van der Waals surface area contributed by atoms with Crippen molar-refractivity contribution in [1.29, 1.82) is 0 Å². The van der Waals surface area contributed by atoms with Crippen LogP contribution in [0.2, 0.25) is 0 Å². The highest BCUT2D eigenvalue weighted by Gasteiger charge is 2.26. The summed E-state index contributed by atoms with van der Waals surface area (Å²) in [5.74, 6) is -2.85. The fourth-order valence-corrected chi connectivity index (χ4v) is 3.81. The molecule has 0 saturated heterocycles. The zero-order valence-electron chi connectivity index (χ0n) is 16.3. The van der Waals surface area contributed by atoms with Crippen molar-refractivity contribution in [2.24, 2.45) is 11.8 Å². The number of hydrogen-bond donors (Lipinski definition) is 3. The third-order valence-corrected chi connectivity index (χ3v) is 5.74. The van der Waals surface area contributed by atoms with Gasteiger partial charge >= 0.3 is 5.97 Å². The first-order chi connectivity index (χ1) is 13.8. The van der Waals surface area contributed by atoms with Crippen LogP contribution in [0.3, 0.4) is 0 Å². The monoisotopic (exact) mass is 421 g/mol. The topological polar surface area (TPSA) is 58.6 Å². The molecule has 4 nitrogen and oxygen atoms in total. The van der Waals surface area contributed by atoms with Crippen LogP contribution in [0, 0.1) is 30.4 Å². The van der Waals surface area contributed by atoms with Crippen LogP contribution in [-0.2, 0) is 11.4 Å². The van der Waals surface area contributed by atoms with Gasteiger partial charge in [-0.15, -0.1) is 12.6 Å². The number of thiol groups is 1. The molecule has 3 rings (SSSR count). The molecule has 0 aliphatic heterocycles. The molecule has 0 amide bonds. The van der Waals surface area contributed by atoms with Crippen LogP contribution < -0.4 is 10.1 Å². The number of aryl methyl sites for hydroxylation is 1. The summed E-state index contributed by atoms with van der Waals surface area (Å²) in [5, 5.41) is 12.1. The van der Waals surface area contributed by atoms with E-state index in [-0.39, 0.29) is 29.9 Å². The van der Waals surface area contributed by atoms with E-state index in [1.165, 1.54) is 0 Å². The zero-order valence-corrected chi connectivity index (χ0v) is 17.1. The summed E-state index contributed by atoms with van der Waals surface area (Å²) in [7, 11) is 0. The van der Waals surface area contributed by atoms with Gasteiger partial charge in [0.2, 0.25) is 5.82 Å². The number of nitrogens with one attached hydrogen (secondary N) is 1. The lowest BCUT2D eigenvalue weighted by atomic mass is 9.82. The predicted molar refractivity (Wildman–Crippen MR) is 111 cm³/mol. The minimum Gasteiger partial charge on any atom is -0.485 e. The minimum absolute atomic E-state index is 0.0926. The van der Waals surface area contributed by atoms with Gasteiger partial charge in [-0.25, -0.2) is 4.39 Å². The van der Waals surface area contributed by atoms with Crippen molar-refractivity contribution in [1.82, 2.24) is 0 Å². The van der Waals surface area contributed by atoms with E-state index in [1.807, 2.05) is 24.3 Å². The summed E-state index contributed by atoms with van der Waals surface area (Å²) < 4.78 is 34.7. The van der Waals surface area contributed by atoms with E-state index >= 15 is 0 Å². The van der Waals surface area contributed by atoms with Crippen molar-refractivity contribution in [2.45, 2.75) is 44.1 Å². The Labute approximate surface area is 174 Å². The van der Waals surface area contributed by atoms with E-state index in [1.54, 1.807) is 13.0 Å². The second-order valence-corrected chi connectivity index (χ2v) is 8.11. The average Bonchev–Trinajstić information content (AvgIpc) is 2.71. The van der Waals surface area contributed by atoms with Crippen LogP contribution in [0.4, 0.5) is 14.5 Å². The molecule has 1 fully saturated rings. The van der Waals surface area contributed by atoms with Gasteiger partial charge in [-0.1, -0.05) is 12.1 Å². The maximum Gasteiger partial charge on any atom is 0.306 e. The molecule has 156 valence electrons. The molecule has 0 unspecified atom stereocenters. The van der Waals surface area contributed by atoms with Gasteiger partial charge in [-0.05, 0) is 67.9 Å². The first-order valence-electron chi connectivity index (χ1n) is 9.71. The summed E-state index contributed by atoms with van der Waals surface area (Å²) >= 11 is 4.21.